The summed E-state index contributed by atoms with van der Waals surface area (Å²) < 4.78 is 51.4. The molecule has 5 nitrogen and oxygen atoms in total. The highest BCUT2D eigenvalue weighted by atomic mass is 32.3. The minimum absolute atomic E-state index is 0.530. The third-order valence-corrected chi connectivity index (χ3v) is 7.97. The lowest BCUT2D eigenvalue weighted by molar-refractivity contribution is 0.565. The average Bonchev–Trinajstić information content (AvgIpc) is 2.54. The van der Waals surface area contributed by atoms with Gasteiger partial charge in [-0.15, -0.1) is 4.13 Å². The zero-order chi connectivity index (χ0) is 17.1. The van der Waals surface area contributed by atoms with Crippen molar-refractivity contribution < 1.29 is 16.8 Å². The minimum atomic E-state index is -4.06. The molecule has 7 heteroatoms. The zero-order valence-corrected chi connectivity index (χ0v) is 14.5. The third-order valence-electron chi connectivity index (χ3n) is 3.70. The van der Waals surface area contributed by atoms with Crippen LogP contribution in [-0.2, 0) is 20.0 Å². The van der Waals surface area contributed by atoms with Gasteiger partial charge in [0.05, 0.1) is 10.5 Å². The molecule has 0 saturated heterocycles. The summed E-state index contributed by atoms with van der Waals surface area (Å²) in [7, 11) is -8.12. The van der Waals surface area contributed by atoms with Crippen LogP contribution in [0.1, 0.15) is 35.5 Å². The highest BCUT2D eigenvalue weighted by Crippen LogP contribution is 2.25. The number of hydrogen-bond donors (Lipinski definition) is 1. The summed E-state index contributed by atoms with van der Waals surface area (Å²) in [6.07, 6.45) is 0. The molecule has 0 amide bonds. The first-order valence-corrected chi connectivity index (χ1v) is 10.2. The second-order valence-corrected chi connectivity index (χ2v) is 9.54. The Morgan fingerprint density at radius 3 is 1.26 bits per heavy atom. The Morgan fingerprint density at radius 1 is 0.652 bits per heavy atom. The van der Waals surface area contributed by atoms with Gasteiger partial charge in [-0.3, -0.25) is 0 Å². The molecule has 0 radical (unpaired) electrons. The molecule has 2 atom stereocenters. The van der Waals surface area contributed by atoms with E-state index in [2.05, 4.69) is 0 Å². The van der Waals surface area contributed by atoms with Gasteiger partial charge >= 0.3 is 0 Å². The molecule has 0 aliphatic heterocycles. The second-order valence-electron chi connectivity index (χ2n) is 5.28. The van der Waals surface area contributed by atoms with E-state index in [0.29, 0.717) is 11.1 Å². The Labute approximate surface area is 137 Å². The first-order valence-electron chi connectivity index (χ1n) is 7.10. The second kappa shape index (κ2) is 6.82. The van der Waals surface area contributed by atoms with Gasteiger partial charge in [0.1, 0.15) is 0 Å². The predicted molar refractivity (Wildman–Crippen MR) is 90.7 cm³/mol. The smallest absolute Gasteiger partial charge is 0.211 e. The number of rotatable bonds is 6. The lowest BCUT2D eigenvalue weighted by atomic mass is 10.2. The number of benzene rings is 2. The molecule has 23 heavy (non-hydrogen) atoms. The van der Waals surface area contributed by atoms with E-state index in [1.807, 2.05) is 4.13 Å². The van der Waals surface area contributed by atoms with Gasteiger partial charge < -0.3 is 0 Å². The van der Waals surface area contributed by atoms with E-state index in [1.54, 1.807) is 60.7 Å². The molecule has 0 aromatic heterocycles. The molecular formula is C16H19NO4S2. The zero-order valence-electron chi connectivity index (χ0n) is 12.9. The first kappa shape index (κ1) is 17.7. The van der Waals surface area contributed by atoms with Crippen molar-refractivity contribution in [1.29, 1.82) is 0 Å². The summed E-state index contributed by atoms with van der Waals surface area (Å²) in [5.41, 5.74) is 1.06. The SMILES string of the molecule is CC(c1ccccc1)S(=O)(=O)NS(=O)(=O)C(C)c1ccccc1. The predicted octanol–water partition coefficient (Wildman–Crippen LogP) is 2.76. The largest absolute Gasteiger partial charge is 0.231 e. The van der Waals surface area contributed by atoms with Crippen LogP contribution in [0.15, 0.2) is 60.7 Å². The molecule has 0 heterocycles. The Bertz CT molecular complexity index is 774. The van der Waals surface area contributed by atoms with Crippen LogP contribution in [0.4, 0.5) is 0 Å². The molecule has 0 bridgehead atoms. The molecule has 2 rings (SSSR count). The van der Waals surface area contributed by atoms with Gasteiger partial charge in [0.25, 0.3) is 0 Å². The molecule has 0 spiro atoms. The fourth-order valence-corrected chi connectivity index (χ4v) is 5.59. The summed E-state index contributed by atoms with van der Waals surface area (Å²) in [4.78, 5) is 0. The molecule has 2 aromatic rings. The van der Waals surface area contributed by atoms with Gasteiger partial charge in [-0.25, -0.2) is 16.8 Å². The Kier molecular flexibility index (Phi) is 5.23. The molecule has 0 aliphatic carbocycles. The van der Waals surface area contributed by atoms with E-state index in [4.69, 9.17) is 0 Å². The van der Waals surface area contributed by atoms with Gasteiger partial charge in [0.15, 0.2) is 0 Å². The molecular weight excluding hydrogens is 334 g/mol. The van der Waals surface area contributed by atoms with Crippen molar-refractivity contribution >= 4 is 20.0 Å². The first-order chi connectivity index (χ1) is 10.7. The van der Waals surface area contributed by atoms with Crippen molar-refractivity contribution in [3.05, 3.63) is 71.8 Å². The van der Waals surface area contributed by atoms with Gasteiger partial charge in [0.2, 0.25) is 20.0 Å². The quantitative estimate of drug-likeness (QED) is 0.866. The molecule has 2 unspecified atom stereocenters. The molecule has 124 valence electrons. The summed E-state index contributed by atoms with van der Waals surface area (Å²) in [5.74, 6) is 0. The van der Waals surface area contributed by atoms with Crippen LogP contribution in [0.5, 0.6) is 0 Å². The summed E-state index contributed by atoms with van der Waals surface area (Å²) in [5, 5.41) is -1.94. The van der Waals surface area contributed by atoms with Crippen LogP contribution in [0.2, 0.25) is 0 Å². The highest BCUT2D eigenvalue weighted by Gasteiger charge is 2.32. The number of sulfonamides is 2. The van der Waals surface area contributed by atoms with Gasteiger partial charge in [-0.1, -0.05) is 60.7 Å². The van der Waals surface area contributed by atoms with E-state index < -0.39 is 30.5 Å². The van der Waals surface area contributed by atoms with E-state index in [0.717, 1.165) is 0 Å². The normalized spacial score (nSPS) is 15.0. The Morgan fingerprint density at radius 2 is 0.957 bits per heavy atom. The number of hydrogen-bond acceptors (Lipinski definition) is 4. The molecule has 2 aromatic carbocycles. The lowest BCUT2D eigenvalue weighted by Crippen LogP contribution is -2.36. The van der Waals surface area contributed by atoms with Crippen molar-refractivity contribution in [3.8, 4) is 0 Å². The van der Waals surface area contributed by atoms with Crippen LogP contribution in [0.3, 0.4) is 0 Å². The summed E-state index contributed by atoms with van der Waals surface area (Å²) >= 11 is 0. The van der Waals surface area contributed by atoms with Crippen LogP contribution < -0.4 is 4.13 Å². The molecule has 1 N–H and O–H groups in total. The molecule has 0 saturated carbocycles. The monoisotopic (exact) mass is 353 g/mol. The highest BCUT2D eigenvalue weighted by molar-refractivity contribution is 8.04. The standard InChI is InChI=1S/C16H19NO4S2/c1-13(15-9-5-3-6-10-15)22(18,19)17-23(20,21)14(2)16-11-7-4-8-12-16/h3-14,17H,1-2H3. The Balaban J connectivity index is 2.26. The van der Waals surface area contributed by atoms with Crippen LogP contribution in [0.25, 0.3) is 0 Å². The Hall–Kier alpha value is -1.70. The molecule has 0 aliphatic rings. The third kappa shape index (κ3) is 4.19. The van der Waals surface area contributed by atoms with Crippen LogP contribution in [-0.4, -0.2) is 16.8 Å². The number of nitrogens with one attached hydrogen (secondary N) is 1. The van der Waals surface area contributed by atoms with Crippen molar-refractivity contribution in [2.75, 3.05) is 0 Å². The fraction of sp³-hybridized carbons (Fsp3) is 0.250. The van der Waals surface area contributed by atoms with Crippen molar-refractivity contribution in [3.63, 3.8) is 0 Å². The maximum Gasteiger partial charge on any atom is 0.231 e. The van der Waals surface area contributed by atoms with Crippen molar-refractivity contribution in [2.24, 2.45) is 0 Å². The average molecular weight is 353 g/mol. The van der Waals surface area contributed by atoms with Crippen LogP contribution >= 0.6 is 0 Å². The molecule has 0 fully saturated rings. The van der Waals surface area contributed by atoms with E-state index >= 15 is 0 Å². The fourth-order valence-electron chi connectivity index (χ4n) is 2.11. The van der Waals surface area contributed by atoms with Gasteiger partial charge in [0, 0.05) is 0 Å². The topological polar surface area (TPSA) is 80.3 Å². The maximum atomic E-state index is 12.4. The van der Waals surface area contributed by atoms with Crippen molar-refractivity contribution in [1.82, 2.24) is 4.13 Å². The lowest BCUT2D eigenvalue weighted by Gasteiger charge is -2.18. The van der Waals surface area contributed by atoms with E-state index in [1.165, 1.54) is 13.8 Å². The van der Waals surface area contributed by atoms with Crippen molar-refractivity contribution in [2.45, 2.75) is 24.3 Å². The van der Waals surface area contributed by atoms with Gasteiger partial charge in [-0.2, -0.15) is 0 Å². The van der Waals surface area contributed by atoms with Crippen LogP contribution in [0, 0.1) is 0 Å². The summed E-state index contributed by atoms with van der Waals surface area (Å²) in [6.45, 7) is 2.92. The van der Waals surface area contributed by atoms with E-state index in [9.17, 15) is 16.8 Å². The van der Waals surface area contributed by atoms with Gasteiger partial charge in [-0.05, 0) is 25.0 Å². The maximum absolute atomic E-state index is 12.4. The van der Waals surface area contributed by atoms with E-state index in [-0.39, 0.29) is 0 Å². The summed E-state index contributed by atoms with van der Waals surface area (Å²) in [6, 6.07) is 17.0. The minimum Gasteiger partial charge on any atom is -0.211 e.